The number of anilines is 1. The van der Waals surface area contributed by atoms with E-state index in [2.05, 4.69) is 122 Å². The lowest BCUT2D eigenvalue weighted by atomic mass is 9.75. The number of furan rings is 1. The lowest BCUT2D eigenvalue weighted by molar-refractivity contribution is -0.664. The Morgan fingerprint density at radius 3 is 2.61 bits per heavy atom. The minimum Gasteiger partial charge on any atom is -0.464 e. The summed E-state index contributed by atoms with van der Waals surface area (Å²) in [7, 11) is 0. The van der Waals surface area contributed by atoms with Crippen LogP contribution in [0, 0.1) is 5.41 Å². The second-order valence-corrected chi connectivity index (χ2v) is 12.8. The number of allylic oxidation sites excluding steroid dienone is 4. The molecule has 0 bridgehead atoms. The smallest absolute Gasteiger partial charge is 0.263 e. The van der Waals surface area contributed by atoms with Gasteiger partial charge in [-0.1, -0.05) is 67.7 Å². The van der Waals surface area contributed by atoms with Crippen molar-refractivity contribution < 1.29 is 13.7 Å². The Bertz CT molecular complexity index is 1870. The molecule has 2 aliphatic rings. The van der Waals surface area contributed by atoms with E-state index < -0.39 is 0 Å². The molecule has 0 saturated carbocycles. The standard InChI is InChI=1S/C36H35N2O2S/c1-5-37-29-21-27(26-10-8-7-9-11-26)12-13-31(29)40-33(37)19-24-18-25(23-36(3,4)22-24)20-34-38(6-2)35-28-16-17-39-30(28)14-15-32(35)41-34/h7-21H,5-6,22-23H2,1-4H3/q+1. The maximum atomic E-state index is 6.45. The molecule has 0 atom stereocenters. The lowest BCUT2D eigenvalue weighted by Gasteiger charge is -2.30. The van der Waals surface area contributed by atoms with Gasteiger partial charge < -0.3 is 14.1 Å². The summed E-state index contributed by atoms with van der Waals surface area (Å²) in [6.45, 7) is 10.9. The van der Waals surface area contributed by atoms with E-state index >= 15 is 0 Å². The molecule has 7 rings (SSSR count). The topological polar surface area (TPSA) is 29.5 Å². The molecule has 4 nitrogen and oxygen atoms in total. The molecule has 0 unspecified atom stereocenters. The van der Waals surface area contributed by atoms with Crippen LogP contribution in [0.3, 0.4) is 0 Å². The lowest BCUT2D eigenvalue weighted by Crippen LogP contribution is -2.33. The van der Waals surface area contributed by atoms with Gasteiger partial charge in [0.1, 0.15) is 16.8 Å². The molecule has 0 spiro atoms. The molecule has 5 aromatic rings. The van der Waals surface area contributed by atoms with Gasteiger partial charge in [-0.05, 0) is 84.7 Å². The molecular weight excluding hydrogens is 524 g/mol. The number of benzene rings is 3. The fourth-order valence-electron chi connectivity index (χ4n) is 6.42. The zero-order valence-corrected chi connectivity index (χ0v) is 24.9. The molecule has 2 aromatic heterocycles. The van der Waals surface area contributed by atoms with Crippen LogP contribution in [-0.2, 0) is 6.54 Å². The first-order valence-electron chi connectivity index (χ1n) is 14.5. The van der Waals surface area contributed by atoms with Gasteiger partial charge >= 0.3 is 0 Å². The molecule has 1 aliphatic carbocycles. The number of rotatable bonds is 5. The normalized spacial score (nSPS) is 18.3. The fraction of sp³-hybridized carbons (Fsp3) is 0.250. The molecule has 0 fully saturated rings. The number of fused-ring (bicyclic) bond motifs is 4. The van der Waals surface area contributed by atoms with Gasteiger partial charge in [0, 0.05) is 18.7 Å². The largest absolute Gasteiger partial charge is 0.464 e. The Morgan fingerprint density at radius 1 is 0.951 bits per heavy atom. The summed E-state index contributed by atoms with van der Waals surface area (Å²) in [6.07, 6.45) is 10.9. The van der Waals surface area contributed by atoms with Crippen LogP contribution in [0.2, 0.25) is 0 Å². The quantitative estimate of drug-likeness (QED) is 0.201. The zero-order valence-electron chi connectivity index (χ0n) is 24.1. The minimum absolute atomic E-state index is 0.154. The van der Waals surface area contributed by atoms with Crippen LogP contribution in [0.5, 0.6) is 5.75 Å². The van der Waals surface area contributed by atoms with E-state index in [1.165, 1.54) is 42.9 Å². The van der Waals surface area contributed by atoms with Crippen molar-refractivity contribution in [3.05, 3.63) is 107 Å². The van der Waals surface area contributed by atoms with Crippen LogP contribution in [0.4, 0.5) is 5.69 Å². The van der Waals surface area contributed by atoms with Crippen LogP contribution in [0.1, 0.15) is 45.5 Å². The number of aryl methyl sites for hydroxylation is 1. The summed E-state index contributed by atoms with van der Waals surface area (Å²) >= 11 is 1.86. The summed E-state index contributed by atoms with van der Waals surface area (Å²) in [5.74, 6) is 1.83. The van der Waals surface area contributed by atoms with E-state index in [0.29, 0.717) is 0 Å². The summed E-state index contributed by atoms with van der Waals surface area (Å²) < 4.78 is 15.9. The molecule has 41 heavy (non-hydrogen) atoms. The molecule has 0 amide bonds. The van der Waals surface area contributed by atoms with Crippen LogP contribution in [-0.4, -0.2) is 6.54 Å². The van der Waals surface area contributed by atoms with Gasteiger partial charge in [0.05, 0.1) is 17.3 Å². The molecule has 3 aromatic carbocycles. The number of thiazole rings is 1. The van der Waals surface area contributed by atoms with Crippen molar-refractivity contribution in [3.63, 3.8) is 0 Å². The summed E-state index contributed by atoms with van der Waals surface area (Å²) in [5, 5.41) is 2.46. The number of aromatic nitrogens is 1. The molecular formula is C36H35N2O2S+. The van der Waals surface area contributed by atoms with Gasteiger partial charge in [-0.3, -0.25) is 0 Å². The highest BCUT2D eigenvalue weighted by Crippen LogP contribution is 2.44. The second-order valence-electron chi connectivity index (χ2n) is 11.8. The van der Waals surface area contributed by atoms with Gasteiger partial charge in [-0.2, -0.15) is 4.57 Å². The average Bonchev–Trinajstić information content (AvgIpc) is 3.66. The minimum atomic E-state index is 0.154. The maximum Gasteiger partial charge on any atom is 0.263 e. The van der Waals surface area contributed by atoms with Crippen molar-refractivity contribution in [2.24, 2.45) is 5.41 Å². The highest BCUT2D eigenvalue weighted by atomic mass is 32.1. The number of hydrogen-bond donors (Lipinski definition) is 0. The molecule has 0 N–H and O–H groups in total. The van der Waals surface area contributed by atoms with Crippen LogP contribution in [0.15, 0.2) is 107 Å². The summed E-state index contributed by atoms with van der Waals surface area (Å²) in [4.78, 5) is 2.29. The first kappa shape index (κ1) is 25.8. The molecule has 0 saturated heterocycles. The Morgan fingerprint density at radius 2 is 1.80 bits per heavy atom. The average molecular weight is 560 g/mol. The van der Waals surface area contributed by atoms with Gasteiger partial charge in [0.25, 0.3) is 5.01 Å². The number of nitrogens with zero attached hydrogens (tertiary/aromatic N) is 2. The van der Waals surface area contributed by atoms with Crippen LogP contribution >= 0.6 is 11.3 Å². The molecule has 5 heteroatoms. The molecule has 3 heterocycles. The zero-order chi connectivity index (χ0) is 28.1. The monoisotopic (exact) mass is 559 g/mol. The third-order valence-electron chi connectivity index (χ3n) is 8.14. The van der Waals surface area contributed by atoms with Crippen molar-refractivity contribution in [1.29, 1.82) is 0 Å². The molecule has 0 radical (unpaired) electrons. The first-order valence-corrected chi connectivity index (χ1v) is 15.3. The predicted octanol–water partition coefficient (Wildman–Crippen LogP) is 9.51. The Balaban J connectivity index is 1.26. The van der Waals surface area contributed by atoms with Gasteiger partial charge in [0.15, 0.2) is 5.75 Å². The molecule has 206 valence electrons. The third kappa shape index (κ3) is 4.68. The van der Waals surface area contributed by atoms with Crippen molar-refractivity contribution in [1.82, 2.24) is 0 Å². The number of ether oxygens (including phenoxy) is 1. The maximum absolute atomic E-state index is 6.45. The summed E-state index contributed by atoms with van der Waals surface area (Å²) in [6, 6.07) is 23.4. The van der Waals surface area contributed by atoms with E-state index in [9.17, 15) is 0 Å². The van der Waals surface area contributed by atoms with E-state index in [1.807, 2.05) is 11.3 Å². The second kappa shape index (κ2) is 10.1. The summed E-state index contributed by atoms with van der Waals surface area (Å²) in [5.41, 5.74) is 8.58. The fourth-order valence-corrected chi connectivity index (χ4v) is 7.64. The third-order valence-corrected chi connectivity index (χ3v) is 9.24. The van der Waals surface area contributed by atoms with Crippen LogP contribution < -0.4 is 14.2 Å². The first-order chi connectivity index (χ1) is 19.9. The molecule has 1 aliphatic heterocycles. The van der Waals surface area contributed by atoms with Gasteiger partial charge in [-0.25, -0.2) is 0 Å². The van der Waals surface area contributed by atoms with E-state index in [4.69, 9.17) is 9.15 Å². The number of hydrogen-bond acceptors (Lipinski definition) is 4. The van der Waals surface area contributed by atoms with E-state index in [0.717, 1.165) is 48.8 Å². The van der Waals surface area contributed by atoms with Crippen molar-refractivity contribution >= 4 is 44.3 Å². The van der Waals surface area contributed by atoms with Crippen LogP contribution in [0.25, 0.3) is 38.4 Å². The van der Waals surface area contributed by atoms with Crippen molar-refractivity contribution in [3.8, 4) is 16.9 Å². The Labute approximate surface area is 245 Å². The predicted molar refractivity (Wildman–Crippen MR) is 170 cm³/mol. The van der Waals surface area contributed by atoms with E-state index in [-0.39, 0.29) is 5.41 Å². The van der Waals surface area contributed by atoms with Crippen molar-refractivity contribution in [2.75, 3.05) is 11.4 Å². The Kier molecular flexibility index (Phi) is 6.35. The highest BCUT2D eigenvalue weighted by Gasteiger charge is 2.30. The van der Waals surface area contributed by atoms with Gasteiger partial charge in [0.2, 0.25) is 11.4 Å². The Hall–Kier alpha value is -4.09. The van der Waals surface area contributed by atoms with Gasteiger partial charge in [-0.15, -0.1) is 0 Å². The van der Waals surface area contributed by atoms with E-state index in [1.54, 1.807) is 6.26 Å². The van der Waals surface area contributed by atoms with Crippen molar-refractivity contribution in [2.45, 2.75) is 47.1 Å². The highest BCUT2D eigenvalue weighted by molar-refractivity contribution is 7.19. The SMILES string of the molecule is CCN1/C(=C/C2=CC(=C/c3sc4ccc5occc5c4[n+]3CC)/CC(C)(C)C2)Oc2ccc(-c3ccccc3)cc21.